The molecule has 1 unspecified atom stereocenters. The third-order valence-electron chi connectivity index (χ3n) is 1.37. The van der Waals surface area contributed by atoms with Crippen LogP contribution in [0.15, 0.2) is 24.5 Å². The highest BCUT2D eigenvalue weighted by Gasteiger charge is 2.00. The first-order chi connectivity index (χ1) is 5.33. The summed E-state index contributed by atoms with van der Waals surface area (Å²) in [6, 6.07) is 2.98. The molecule has 0 aliphatic rings. The second-order valence-corrected chi connectivity index (χ2v) is 2.30. The van der Waals surface area contributed by atoms with Gasteiger partial charge in [0, 0.05) is 12.4 Å². The maximum atomic E-state index is 10.1. The predicted octanol–water partition coefficient (Wildman–Crippen LogP) is 0.474. The van der Waals surface area contributed by atoms with Gasteiger partial charge >= 0.3 is 0 Å². The number of pyridine rings is 1. The minimum absolute atomic E-state index is 0.478. The summed E-state index contributed by atoms with van der Waals surface area (Å²) in [7, 11) is 0. The summed E-state index contributed by atoms with van der Waals surface area (Å²) >= 11 is 0. The van der Waals surface area contributed by atoms with E-state index in [-0.39, 0.29) is 0 Å². The summed E-state index contributed by atoms with van der Waals surface area (Å²) in [5, 5.41) is 0. The largest absolute Gasteiger partial charge is 0.302 e. The highest BCUT2D eigenvalue weighted by atomic mass is 16.1. The first-order valence-corrected chi connectivity index (χ1v) is 3.38. The monoisotopic (exact) mass is 149 g/mol. The van der Waals surface area contributed by atoms with Crippen LogP contribution in [0.3, 0.4) is 0 Å². The van der Waals surface area contributed by atoms with Gasteiger partial charge in [-0.15, -0.1) is 0 Å². The number of carbonyl (C=O) groups excluding carboxylic acids is 1. The molecule has 0 aromatic carbocycles. The van der Waals surface area contributed by atoms with Crippen molar-refractivity contribution in [2.45, 2.75) is 12.5 Å². The van der Waals surface area contributed by atoms with Crippen molar-refractivity contribution < 1.29 is 4.79 Å². The molecule has 1 radical (unpaired) electrons. The molecule has 3 heteroatoms. The number of aldehydes is 1. The van der Waals surface area contributed by atoms with Crippen LogP contribution in [-0.4, -0.2) is 17.3 Å². The minimum Gasteiger partial charge on any atom is -0.302 e. The molecule has 0 spiro atoms. The van der Waals surface area contributed by atoms with Gasteiger partial charge in [0.25, 0.3) is 0 Å². The molecule has 3 nitrogen and oxygen atoms in total. The van der Waals surface area contributed by atoms with Gasteiger partial charge in [0.1, 0.15) is 6.29 Å². The fraction of sp³-hybridized carbons (Fsp3) is 0.250. The quantitative estimate of drug-likeness (QED) is 0.587. The molecule has 0 amide bonds. The number of nitrogens with one attached hydrogen (secondary N) is 1. The van der Waals surface area contributed by atoms with Gasteiger partial charge in [0.2, 0.25) is 0 Å². The lowest BCUT2D eigenvalue weighted by atomic mass is 10.1. The molecule has 1 aromatic heterocycles. The zero-order valence-electron chi connectivity index (χ0n) is 6.03. The summed E-state index contributed by atoms with van der Waals surface area (Å²) in [5.41, 5.74) is 8.15. The van der Waals surface area contributed by atoms with Gasteiger partial charge in [-0.25, -0.2) is 5.73 Å². The SMILES string of the molecule is [NH]C(C=O)Cc1ccncc1. The van der Waals surface area contributed by atoms with Crippen LogP contribution >= 0.6 is 0 Å². The molecule has 1 rings (SSSR count). The highest BCUT2D eigenvalue weighted by molar-refractivity contribution is 5.57. The Morgan fingerprint density at radius 1 is 1.55 bits per heavy atom. The molecule has 1 atom stereocenters. The summed E-state index contributed by atoms with van der Waals surface area (Å²) < 4.78 is 0. The van der Waals surface area contributed by atoms with Gasteiger partial charge in [-0.3, -0.25) is 4.98 Å². The zero-order chi connectivity index (χ0) is 8.10. The van der Waals surface area contributed by atoms with Crippen LogP contribution < -0.4 is 5.73 Å². The van der Waals surface area contributed by atoms with E-state index in [1.165, 1.54) is 0 Å². The molecule has 0 bridgehead atoms. The van der Waals surface area contributed by atoms with Gasteiger partial charge in [0.15, 0.2) is 0 Å². The average molecular weight is 149 g/mol. The van der Waals surface area contributed by atoms with E-state index < -0.39 is 6.04 Å². The van der Waals surface area contributed by atoms with Crippen molar-refractivity contribution in [1.29, 1.82) is 0 Å². The predicted molar refractivity (Wildman–Crippen MR) is 40.9 cm³/mol. The maximum Gasteiger partial charge on any atom is 0.138 e. The standard InChI is InChI=1S/C8H9N2O/c9-8(6-11)5-7-1-3-10-4-2-7/h1-4,6,8-9H,5H2. The van der Waals surface area contributed by atoms with Gasteiger partial charge in [0.05, 0.1) is 6.04 Å². The lowest BCUT2D eigenvalue weighted by Gasteiger charge is -2.00. The molecular formula is C8H9N2O. The number of hydrogen-bond acceptors (Lipinski definition) is 2. The van der Waals surface area contributed by atoms with Crippen molar-refractivity contribution in [2.24, 2.45) is 0 Å². The molecular weight excluding hydrogens is 140 g/mol. The molecule has 0 aliphatic heterocycles. The van der Waals surface area contributed by atoms with E-state index in [4.69, 9.17) is 5.73 Å². The van der Waals surface area contributed by atoms with Gasteiger partial charge in [-0.2, -0.15) is 0 Å². The van der Waals surface area contributed by atoms with Crippen LogP contribution in [-0.2, 0) is 11.2 Å². The molecule has 11 heavy (non-hydrogen) atoms. The highest BCUT2D eigenvalue weighted by Crippen LogP contribution is 1.98. The summed E-state index contributed by atoms with van der Waals surface area (Å²) in [6.07, 6.45) is 4.44. The third-order valence-corrected chi connectivity index (χ3v) is 1.37. The molecule has 1 heterocycles. The maximum absolute atomic E-state index is 10.1. The zero-order valence-corrected chi connectivity index (χ0v) is 6.03. The first-order valence-electron chi connectivity index (χ1n) is 3.38. The third kappa shape index (κ3) is 2.47. The van der Waals surface area contributed by atoms with Crippen LogP contribution in [0.4, 0.5) is 0 Å². The van der Waals surface area contributed by atoms with E-state index >= 15 is 0 Å². The molecule has 0 aliphatic carbocycles. The molecule has 1 N–H and O–H groups in total. The molecule has 0 fully saturated rings. The van der Waals surface area contributed by atoms with Crippen molar-refractivity contribution in [1.82, 2.24) is 10.7 Å². The Bertz CT molecular complexity index is 223. The van der Waals surface area contributed by atoms with Crippen LogP contribution in [0.25, 0.3) is 0 Å². The molecule has 1 aromatic rings. The van der Waals surface area contributed by atoms with Crippen molar-refractivity contribution in [3.05, 3.63) is 30.1 Å². The topological polar surface area (TPSA) is 53.8 Å². The number of carbonyl (C=O) groups is 1. The van der Waals surface area contributed by atoms with Gasteiger partial charge in [-0.1, -0.05) is 0 Å². The molecule has 0 saturated heterocycles. The van der Waals surface area contributed by atoms with Crippen molar-refractivity contribution in [3.8, 4) is 0 Å². The summed E-state index contributed by atoms with van der Waals surface area (Å²) in [4.78, 5) is 13.9. The number of hydrogen-bond donors (Lipinski definition) is 0. The lowest BCUT2D eigenvalue weighted by Crippen LogP contribution is -2.13. The Morgan fingerprint density at radius 3 is 2.73 bits per heavy atom. The van der Waals surface area contributed by atoms with E-state index in [0.717, 1.165) is 5.56 Å². The van der Waals surface area contributed by atoms with E-state index in [0.29, 0.717) is 12.7 Å². The molecule has 57 valence electrons. The Labute approximate surface area is 65.2 Å². The Balaban J connectivity index is 2.57. The first kappa shape index (κ1) is 7.88. The van der Waals surface area contributed by atoms with Crippen LogP contribution in [0.1, 0.15) is 5.56 Å². The number of aromatic nitrogens is 1. The van der Waals surface area contributed by atoms with E-state index in [9.17, 15) is 4.79 Å². The Hall–Kier alpha value is -1.22. The fourth-order valence-corrected chi connectivity index (χ4v) is 0.821. The minimum atomic E-state index is -0.641. The van der Waals surface area contributed by atoms with Crippen molar-refractivity contribution >= 4 is 6.29 Å². The smallest absolute Gasteiger partial charge is 0.138 e. The van der Waals surface area contributed by atoms with Crippen LogP contribution in [0.5, 0.6) is 0 Å². The fourth-order valence-electron chi connectivity index (χ4n) is 0.821. The van der Waals surface area contributed by atoms with E-state index in [2.05, 4.69) is 4.98 Å². The Morgan fingerprint density at radius 2 is 2.18 bits per heavy atom. The average Bonchev–Trinajstić information content (AvgIpc) is 2.06. The normalized spacial score (nSPS) is 12.5. The van der Waals surface area contributed by atoms with Gasteiger partial charge < -0.3 is 4.79 Å². The van der Waals surface area contributed by atoms with Gasteiger partial charge in [-0.05, 0) is 24.1 Å². The second-order valence-electron chi connectivity index (χ2n) is 2.30. The Kier molecular flexibility index (Phi) is 2.74. The molecule has 0 saturated carbocycles. The number of nitrogens with zero attached hydrogens (tertiary/aromatic N) is 1. The van der Waals surface area contributed by atoms with Crippen molar-refractivity contribution in [2.75, 3.05) is 0 Å². The second kappa shape index (κ2) is 3.83. The summed E-state index contributed by atoms with van der Waals surface area (Å²) in [5.74, 6) is 0. The van der Waals surface area contributed by atoms with E-state index in [1.54, 1.807) is 12.4 Å². The van der Waals surface area contributed by atoms with Crippen molar-refractivity contribution in [3.63, 3.8) is 0 Å². The lowest BCUT2D eigenvalue weighted by molar-refractivity contribution is -0.109. The van der Waals surface area contributed by atoms with Crippen LogP contribution in [0, 0.1) is 0 Å². The summed E-state index contributed by atoms with van der Waals surface area (Å²) in [6.45, 7) is 0. The van der Waals surface area contributed by atoms with Crippen LogP contribution in [0.2, 0.25) is 0 Å². The van der Waals surface area contributed by atoms with E-state index in [1.807, 2.05) is 12.1 Å². The number of rotatable bonds is 3.